The average molecular weight is 394 g/mol. The molecule has 2 aromatic rings. The number of likely N-dealkylation sites (tertiary alicyclic amines) is 1. The van der Waals surface area contributed by atoms with Gasteiger partial charge in [-0.05, 0) is 47.5 Å². The van der Waals surface area contributed by atoms with Gasteiger partial charge in [-0.1, -0.05) is 19.9 Å². The van der Waals surface area contributed by atoms with Crippen LogP contribution < -0.4 is 10.5 Å². The van der Waals surface area contributed by atoms with Crippen LogP contribution >= 0.6 is 11.3 Å². The topological polar surface area (TPSA) is 92.5 Å². The van der Waals surface area contributed by atoms with Crippen molar-refractivity contribution in [1.82, 2.24) is 4.90 Å². The number of hydrogen-bond acceptors (Lipinski definition) is 5. The van der Waals surface area contributed by atoms with Crippen LogP contribution in [-0.2, 0) is 10.0 Å². The molecule has 1 saturated heterocycles. The number of nitrogens with zero attached hydrogens (tertiary/aromatic N) is 1. The second kappa shape index (κ2) is 7.02. The third-order valence-corrected chi connectivity index (χ3v) is 7.52. The molecule has 0 aliphatic carbocycles. The lowest BCUT2D eigenvalue weighted by Gasteiger charge is -2.42. The highest BCUT2D eigenvalue weighted by atomic mass is 32.2. The van der Waals surface area contributed by atoms with Crippen LogP contribution in [0.15, 0.2) is 46.0 Å². The van der Waals surface area contributed by atoms with Crippen molar-refractivity contribution in [3.63, 3.8) is 0 Å². The molecule has 0 spiro atoms. The smallest absolute Gasteiger partial charge is 0.271 e. The van der Waals surface area contributed by atoms with Gasteiger partial charge in [0.2, 0.25) is 0 Å². The summed E-state index contributed by atoms with van der Waals surface area (Å²) in [6.07, 6.45) is 0.775. The van der Waals surface area contributed by atoms with Gasteiger partial charge in [0.15, 0.2) is 0 Å². The zero-order valence-corrected chi connectivity index (χ0v) is 16.4. The Bertz CT molecular complexity index is 875. The number of carbonyl (C=O) groups excluding carboxylic acids is 1. The monoisotopic (exact) mass is 393 g/mol. The second-order valence-electron chi connectivity index (χ2n) is 7.23. The molecule has 1 amide bonds. The largest absolute Gasteiger partial charge is 0.338 e. The molecular weight excluding hydrogens is 370 g/mol. The van der Waals surface area contributed by atoms with Crippen molar-refractivity contribution >= 4 is 33.0 Å². The Morgan fingerprint density at radius 1 is 1.27 bits per heavy atom. The molecule has 6 nitrogen and oxygen atoms in total. The summed E-state index contributed by atoms with van der Waals surface area (Å²) in [5, 5.41) is 1.71. The first-order chi connectivity index (χ1) is 12.2. The van der Waals surface area contributed by atoms with Gasteiger partial charge >= 0.3 is 0 Å². The van der Waals surface area contributed by atoms with E-state index < -0.39 is 10.0 Å². The molecule has 0 saturated carbocycles. The molecule has 1 atom stereocenters. The molecule has 0 bridgehead atoms. The van der Waals surface area contributed by atoms with Crippen molar-refractivity contribution < 1.29 is 13.2 Å². The zero-order chi connectivity index (χ0) is 18.9. The highest BCUT2D eigenvalue weighted by Crippen LogP contribution is 2.29. The lowest BCUT2D eigenvalue weighted by Crippen LogP contribution is -2.53. The normalized spacial score (nSPS) is 20.0. The van der Waals surface area contributed by atoms with Crippen molar-refractivity contribution in [2.24, 2.45) is 11.1 Å². The number of hydrogen-bond donors (Lipinski definition) is 2. The van der Waals surface area contributed by atoms with Crippen LogP contribution in [0.5, 0.6) is 0 Å². The summed E-state index contributed by atoms with van der Waals surface area (Å²) in [5.74, 6) is -0.0577. The van der Waals surface area contributed by atoms with Crippen LogP contribution in [-0.4, -0.2) is 38.4 Å². The van der Waals surface area contributed by atoms with Crippen LogP contribution in [0, 0.1) is 5.41 Å². The van der Waals surface area contributed by atoms with Crippen LogP contribution in [0.2, 0.25) is 0 Å². The maximum absolute atomic E-state index is 12.7. The molecule has 1 aliphatic rings. The second-order valence-corrected chi connectivity index (χ2v) is 10.1. The molecule has 2 heterocycles. The number of nitrogens with two attached hydrogens (primary N) is 1. The first-order valence-corrected chi connectivity index (χ1v) is 10.8. The van der Waals surface area contributed by atoms with Crippen molar-refractivity contribution in [2.75, 3.05) is 17.8 Å². The predicted octanol–water partition coefficient (Wildman–Crippen LogP) is 2.75. The summed E-state index contributed by atoms with van der Waals surface area (Å²) in [6, 6.07) is 9.84. The summed E-state index contributed by atoms with van der Waals surface area (Å²) in [6.45, 7) is 5.38. The number of sulfonamides is 1. The average Bonchev–Trinajstić information content (AvgIpc) is 3.12. The number of anilines is 1. The summed E-state index contributed by atoms with van der Waals surface area (Å²) in [7, 11) is -3.59. The Morgan fingerprint density at radius 3 is 2.54 bits per heavy atom. The van der Waals surface area contributed by atoms with Crippen molar-refractivity contribution in [2.45, 2.75) is 30.5 Å². The maximum Gasteiger partial charge on any atom is 0.271 e. The Morgan fingerprint density at radius 2 is 1.96 bits per heavy atom. The van der Waals surface area contributed by atoms with Gasteiger partial charge in [0.25, 0.3) is 15.9 Å². The van der Waals surface area contributed by atoms with E-state index >= 15 is 0 Å². The van der Waals surface area contributed by atoms with E-state index in [1.807, 2.05) is 4.90 Å². The molecule has 1 aromatic heterocycles. The quantitative estimate of drug-likeness (QED) is 0.835. The summed E-state index contributed by atoms with van der Waals surface area (Å²) in [4.78, 5) is 14.5. The third-order valence-electron chi connectivity index (χ3n) is 4.74. The third kappa shape index (κ3) is 3.92. The van der Waals surface area contributed by atoms with E-state index in [0.29, 0.717) is 24.3 Å². The molecule has 0 radical (unpaired) electrons. The number of piperidine rings is 1. The van der Waals surface area contributed by atoms with Gasteiger partial charge in [-0.15, -0.1) is 11.3 Å². The first kappa shape index (κ1) is 18.9. The molecule has 8 heteroatoms. The molecule has 1 aliphatic heterocycles. The van der Waals surface area contributed by atoms with E-state index in [4.69, 9.17) is 5.73 Å². The summed E-state index contributed by atoms with van der Waals surface area (Å²) < 4.78 is 27.3. The SMILES string of the molecule is CC1(C)CN(C(=O)c2ccc(NS(=O)(=O)c3cccs3)cc2)CCC1N. The fourth-order valence-corrected chi connectivity index (χ4v) is 5.08. The molecule has 3 rings (SSSR count). The minimum Gasteiger partial charge on any atom is -0.338 e. The molecule has 1 fully saturated rings. The Balaban J connectivity index is 1.71. The van der Waals surface area contributed by atoms with E-state index in [2.05, 4.69) is 18.6 Å². The number of benzene rings is 1. The van der Waals surface area contributed by atoms with Gasteiger partial charge in [0.1, 0.15) is 4.21 Å². The number of amides is 1. The number of rotatable bonds is 4. The Labute approximate surface area is 158 Å². The van der Waals surface area contributed by atoms with Crippen molar-refractivity contribution in [3.8, 4) is 0 Å². The number of thiophene rings is 1. The standard InChI is InChI=1S/C18H23N3O3S2/c1-18(2)12-21(10-9-15(18)19)17(22)13-5-7-14(8-6-13)20-26(23,24)16-4-3-11-25-16/h3-8,11,15,20H,9-10,12,19H2,1-2H3. The predicted molar refractivity (Wildman–Crippen MR) is 104 cm³/mol. The molecule has 26 heavy (non-hydrogen) atoms. The van der Waals surface area contributed by atoms with Gasteiger partial charge in [0.05, 0.1) is 0 Å². The number of carbonyl (C=O) groups is 1. The van der Waals surface area contributed by atoms with Crippen LogP contribution in [0.4, 0.5) is 5.69 Å². The van der Waals surface area contributed by atoms with Gasteiger partial charge in [0, 0.05) is 30.4 Å². The lowest BCUT2D eigenvalue weighted by molar-refractivity contribution is 0.0533. The minimum atomic E-state index is -3.59. The van der Waals surface area contributed by atoms with Crippen LogP contribution in [0.25, 0.3) is 0 Å². The first-order valence-electron chi connectivity index (χ1n) is 8.40. The molecule has 1 unspecified atom stereocenters. The van der Waals surface area contributed by atoms with Gasteiger partial charge in [-0.2, -0.15) is 0 Å². The van der Waals surface area contributed by atoms with E-state index in [-0.39, 0.29) is 21.6 Å². The van der Waals surface area contributed by atoms with Crippen molar-refractivity contribution in [1.29, 1.82) is 0 Å². The zero-order valence-electron chi connectivity index (χ0n) is 14.8. The number of nitrogens with one attached hydrogen (secondary N) is 1. The summed E-state index contributed by atoms with van der Waals surface area (Å²) >= 11 is 1.15. The van der Waals surface area contributed by atoms with Crippen molar-refractivity contribution in [3.05, 3.63) is 47.3 Å². The van der Waals surface area contributed by atoms with Gasteiger partial charge in [-0.3, -0.25) is 9.52 Å². The van der Waals surface area contributed by atoms with Crippen LogP contribution in [0.3, 0.4) is 0 Å². The maximum atomic E-state index is 12.7. The minimum absolute atomic E-state index is 0.0577. The van der Waals surface area contributed by atoms with Gasteiger partial charge in [-0.25, -0.2) is 8.42 Å². The Kier molecular flexibility index (Phi) is 5.09. The fourth-order valence-electron chi connectivity index (χ4n) is 3.03. The van der Waals surface area contributed by atoms with E-state index in [1.165, 1.54) is 0 Å². The highest BCUT2D eigenvalue weighted by Gasteiger charge is 2.35. The fraction of sp³-hybridized carbons (Fsp3) is 0.389. The molecule has 1 aromatic carbocycles. The molecule has 3 N–H and O–H groups in total. The van der Waals surface area contributed by atoms with E-state index in [0.717, 1.165) is 17.8 Å². The molecule has 140 valence electrons. The van der Waals surface area contributed by atoms with E-state index in [9.17, 15) is 13.2 Å². The highest BCUT2D eigenvalue weighted by molar-refractivity contribution is 7.94. The lowest BCUT2D eigenvalue weighted by atomic mass is 9.79. The van der Waals surface area contributed by atoms with E-state index in [1.54, 1.807) is 41.8 Å². The Hall–Kier alpha value is -1.90. The van der Waals surface area contributed by atoms with Gasteiger partial charge < -0.3 is 10.6 Å². The summed E-state index contributed by atoms with van der Waals surface area (Å²) in [5.41, 5.74) is 6.97. The molecular formula is C18H23N3O3S2. The van der Waals surface area contributed by atoms with Crippen LogP contribution in [0.1, 0.15) is 30.6 Å².